The zero-order valence-electron chi connectivity index (χ0n) is 13.2. The van der Waals surface area contributed by atoms with Crippen LogP contribution in [0.1, 0.15) is 31.5 Å². The Kier molecular flexibility index (Phi) is 4.59. The highest BCUT2D eigenvalue weighted by molar-refractivity contribution is 5.75. The standard InChI is InChI=1S/C17H18F3N3O/c1-24-13-8-6-11(7-9-13)14-10-21-16(17(18,19)20)23-15(14)22-12-4-2-3-5-12/h6-10,12H,2-5H2,1H3,(H,21,22,23). The molecule has 0 saturated heterocycles. The minimum atomic E-state index is -4.56. The van der Waals surface area contributed by atoms with E-state index in [2.05, 4.69) is 15.3 Å². The zero-order chi connectivity index (χ0) is 17.2. The van der Waals surface area contributed by atoms with E-state index in [-0.39, 0.29) is 11.9 Å². The number of alkyl halides is 3. The molecule has 0 unspecified atom stereocenters. The fraction of sp³-hybridized carbons (Fsp3) is 0.412. The van der Waals surface area contributed by atoms with Gasteiger partial charge in [-0.15, -0.1) is 0 Å². The van der Waals surface area contributed by atoms with Crippen molar-refractivity contribution in [3.63, 3.8) is 0 Å². The topological polar surface area (TPSA) is 47.0 Å². The van der Waals surface area contributed by atoms with Crippen molar-refractivity contribution in [3.8, 4) is 16.9 Å². The molecule has 0 radical (unpaired) electrons. The van der Waals surface area contributed by atoms with E-state index in [9.17, 15) is 13.2 Å². The number of benzene rings is 1. The summed E-state index contributed by atoms with van der Waals surface area (Å²) in [6.45, 7) is 0. The van der Waals surface area contributed by atoms with Crippen LogP contribution >= 0.6 is 0 Å². The van der Waals surface area contributed by atoms with E-state index >= 15 is 0 Å². The van der Waals surface area contributed by atoms with Gasteiger partial charge in [-0.3, -0.25) is 0 Å². The lowest BCUT2D eigenvalue weighted by Crippen LogP contribution is -2.19. The van der Waals surface area contributed by atoms with Gasteiger partial charge in [0.25, 0.3) is 0 Å². The largest absolute Gasteiger partial charge is 0.497 e. The highest BCUT2D eigenvalue weighted by Crippen LogP contribution is 2.33. The Labute approximate surface area is 138 Å². The number of ether oxygens (including phenoxy) is 1. The smallest absolute Gasteiger partial charge is 0.451 e. The molecule has 1 saturated carbocycles. The van der Waals surface area contributed by atoms with E-state index < -0.39 is 12.0 Å². The Morgan fingerprint density at radius 3 is 2.38 bits per heavy atom. The van der Waals surface area contributed by atoms with Crippen molar-refractivity contribution >= 4 is 5.82 Å². The Bertz CT molecular complexity index is 695. The molecule has 128 valence electrons. The van der Waals surface area contributed by atoms with Crippen LogP contribution < -0.4 is 10.1 Å². The number of hydrogen-bond acceptors (Lipinski definition) is 4. The van der Waals surface area contributed by atoms with Gasteiger partial charge in [-0.25, -0.2) is 9.97 Å². The van der Waals surface area contributed by atoms with Crippen molar-refractivity contribution < 1.29 is 17.9 Å². The maximum absolute atomic E-state index is 12.9. The van der Waals surface area contributed by atoms with Crippen molar-refractivity contribution in [2.45, 2.75) is 37.9 Å². The third-order valence-corrected chi connectivity index (χ3v) is 4.14. The molecule has 1 fully saturated rings. The minimum absolute atomic E-state index is 0.151. The quantitative estimate of drug-likeness (QED) is 0.891. The van der Waals surface area contributed by atoms with Crippen molar-refractivity contribution in [1.82, 2.24) is 9.97 Å². The fourth-order valence-corrected chi connectivity index (χ4v) is 2.87. The first-order valence-electron chi connectivity index (χ1n) is 7.82. The molecule has 4 nitrogen and oxygen atoms in total. The van der Waals surface area contributed by atoms with Crippen LogP contribution in [0.5, 0.6) is 5.75 Å². The molecule has 1 aromatic carbocycles. The van der Waals surface area contributed by atoms with Crippen LogP contribution in [0.15, 0.2) is 30.5 Å². The molecule has 2 aromatic rings. The number of halogens is 3. The number of anilines is 1. The third kappa shape index (κ3) is 3.60. The normalized spacial score (nSPS) is 15.5. The van der Waals surface area contributed by atoms with Crippen molar-refractivity contribution in [3.05, 3.63) is 36.3 Å². The number of nitrogens with zero attached hydrogens (tertiary/aromatic N) is 2. The maximum atomic E-state index is 12.9. The van der Waals surface area contributed by atoms with Crippen LogP contribution in [-0.2, 0) is 6.18 Å². The Balaban J connectivity index is 1.99. The monoisotopic (exact) mass is 337 g/mol. The lowest BCUT2D eigenvalue weighted by molar-refractivity contribution is -0.144. The van der Waals surface area contributed by atoms with E-state index in [0.29, 0.717) is 11.3 Å². The predicted octanol–water partition coefficient (Wildman–Crippen LogP) is 4.53. The first-order valence-corrected chi connectivity index (χ1v) is 7.82. The van der Waals surface area contributed by atoms with Gasteiger partial charge < -0.3 is 10.1 Å². The third-order valence-electron chi connectivity index (χ3n) is 4.14. The summed E-state index contributed by atoms with van der Waals surface area (Å²) in [7, 11) is 1.56. The number of methoxy groups -OCH3 is 1. The number of aromatic nitrogens is 2. The summed E-state index contributed by atoms with van der Waals surface area (Å²) in [6, 6.07) is 7.23. The average Bonchev–Trinajstić information content (AvgIpc) is 3.07. The second-order valence-corrected chi connectivity index (χ2v) is 5.81. The van der Waals surface area contributed by atoms with Gasteiger partial charge in [0, 0.05) is 17.8 Å². The molecule has 0 aliphatic heterocycles. The van der Waals surface area contributed by atoms with Crippen LogP contribution in [-0.4, -0.2) is 23.1 Å². The SMILES string of the molecule is COc1ccc(-c2cnc(C(F)(F)F)nc2NC2CCCC2)cc1. The van der Waals surface area contributed by atoms with Crippen molar-refractivity contribution in [2.24, 2.45) is 0 Å². The Hall–Kier alpha value is -2.31. The van der Waals surface area contributed by atoms with Gasteiger partial charge in [-0.2, -0.15) is 13.2 Å². The molecule has 7 heteroatoms. The van der Waals surface area contributed by atoms with Gasteiger partial charge in [-0.05, 0) is 30.5 Å². The summed E-state index contributed by atoms with van der Waals surface area (Å²) < 4.78 is 43.9. The first-order chi connectivity index (χ1) is 11.5. The number of hydrogen-bond donors (Lipinski definition) is 1. The van der Waals surface area contributed by atoms with Gasteiger partial charge in [0.15, 0.2) is 0 Å². The molecule has 1 aliphatic rings. The first kappa shape index (κ1) is 16.5. The molecule has 1 heterocycles. The van der Waals surface area contributed by atoms with Crippen LogP contribution in [0, 0.1) is 0 Å². The molecule has 0 amide bonds. The minimum Gasteiger partial charge on any atom is -0.497 e. The summed E-state index contributed by atoms with van der Waals surface area (Å²) in [5.41, 5.74) is 1.29. The molecule has 0 atom stereocenters. The summed E-state index contributed by atoms with van der Waals surface area (Å²) in [4.78, 5) is 7.24. The summed E-state index contributed by atoms with van der Waals surface area (Å²) in [5, 5.41) is 3.17. The second kappa shape index (κ2) is 6.67. The van der Waals surface area contributed by atoms with Crippen LogP contribution in [0.2, 0.25) is 0 Å². The lowest BCUT2D eigenvalue weighted by atomic mass is 10.1. The molecule has 1 aliphatic carbocycles. The molecule has 24 heavy (non-hydrogen) atoms. The lowest BCUT2D eigenvalue weighted by Gasteiger charge is -2.17. The molecule has 0 bridgehead atoms. The fourth-order valence-electron chi connectivity index (χ4n) is 2.87. The Morgan fingerprint density at radius 1 is 1.12 bits per heavy atom. The van der Waals surface area contributed by atoms with E-state index in [1.165, 1.54) is 6.20 Å². The molecule has 1 aromatic heterocycles. The van der Waals surface area contributed by atoms with Gasteiger partial charge in [0.2, 0.25) is 5.82 Å². The van der Waals surface area contributed by atoms with E-state index in [0.717, 1.165) is 31.2 Å². The number of nitrogens with one attached hydrogen (secondary N) is 1. The molecule has 0 spiro atoms. The highest BCUT2D eigenvalue weighted by atomic mass is 19.4. The summed E-state index contributed by atoms with van der Waals surface area (Å²) >= 11 is 0. The van der Waals surface area contributed by atoms with Crippen molar-refractivity contribution in [2.75, 3.05) is 12.4 Å². The van der Waals surface area contributed by atoms with Crippen LogP contribution in [0.3, 0.4) is 0 Å². The highest BCUT2D eigenvalue weighted by Gasteiger charge is 2.35. The van der Waals surface area contributed by atoms with Crippen LogP contribution in [0.25, 0.3) is 11.1 Å². The second-order valence-electron chi connectivity index (χ2n) is 5.81. The zero-order valence-corrected chi connectivity index (χ0v) is 13.2. The van der Waals surface area contributed by atoms with Crippen molar-refractivity contribution in [1.29, 1.82) is 0 Å². The average molecular weight is 337 g/mol. The van der Waals surface area contributed by atoms with E-state index in [1.54, 1.807) is 31.4 Å². The van der Waals surface area contributed by atoms with Gasteiger partial charge in [0.1, 0.15) is 11.6 Å². The predicted molar refractivity (Wildman–Crippen MR) is 84.9 cm³/mol. The van der Waals surface area contributed by atoms with Crippen LogP contribution in [0.4, 0.5) is 19.0 Å². The molecule has 1 N–H and O–H groups in total. The Morgan fingerprint density at radius 2 is 1.79 bits per heavy atom. The summed E-state index contributed by atoms with van der Waals surface area (Å²) in [6.07, 6.45) is 0.694. The molecular formula is C17H18F3N3O. The number of rotatable bonds is 4. The van der Waals surface area contributed by atoms with Gasteiger partial charge in [-0.1, -0.05) is 25.0 Å². The van der Waals surface area contributed by atoms with E-state index in [1.807, 2.05) is 0 Å². The maximum Gasteiger partial charge on any atom is 0.451 e. The summed E-state index contributed by atoms with van der Waals surface area (Å²) in [5.74, 6) is -0.216. The van der Waals surface area contributed by atoms with Gasteiger partial charge >= 0.3 is 6.18 Å². The van der Waals surface area contributed by atoms with E-state index in [4.69, 9.17) is 4.74 Å². The van der Waals surface area contributed by atoms with Gasteiger partial charge in [0.05, 0.1) is 7.11 Å². The molecular weight excluding hydrogens is 319 g/mol. The molecule has 3 rings (SSSR count).